The molecule has 1 aliphatic heterocycles. The van der Waals surface area contributed by atoms with Gasteiger partial charge in [0, 0.05) is 24.5 Å². The van der Waals surface area contributed by atoms with Crippen molar-refractivity contribution in [2.75, 3.05) is 0 Å². The minimum absolute atomic E-state index is 0.0257. The molecule has 1 aliphatic rings. The van der Waals surface area contributed by atoms with E-state index in [0.717, 1.165) is 17.0 Å². The molecule has 0 fully saturated rings. The predicted molar refractivity (Wildman–Crippen MR) is 75.1 cm³/mol. The molecule has 3 heterocycles. The topological polar surface area (TPSA) is 63.5 Å². The largest absolute Gasteiger partial charge is 0.492 e. The summed E-state index contributed by atoms with van der Waals surface area (Å²) in [5.74, 6) is 0.351. The number of aliphatic imine (C=N–C) groups is 1. The highest BCUT2D eigenvalue weighted by molar-refractivity contribution is 7.71. The maximum absolute atomic E-state index is 10.0. The van der Waals surface area contributed by atoms with E-state index < -0.39 is 0 Å². The van der Waals surface area contributed by atoms with E-state index in [1.54, 1.807) is 18.5 Å². The van der Waals surface area contributed by atoms with Crippen LogP contribution in [-0.2, 0) is 6.54 Å². The van der Waals surface area contributed by atoms with E-state index in [4.69, 9.17) is 16.6 Å². The normalized spacial score (nSPS) is 15.1. The Bertz CT molecular complexity index is 755. The van der Waals surface area contributed by atoms with Crippen LogP contribution in [0.2, 0.25) is 0 Å². The van der Waals surface area contributed by atoms with Gasteiger partial charge in [-0.1, -0.05) is 0 Å². The zero-order chi connectivity index (χ0) is 13.4. The molecule has 0 aromatic carbocycles. The van der Waals surface area contributed by atoms with E-state index in [1.807, 2.05) is 19.1 Å². The molecule has 0 aliphatic carbocycles. The average molecular weight is 273 g/mol. The van der Waals surface area contributed by atoms with Crippen LogP contribution in [0.3, 0.4) is 0 Å². The van der Waals surface area contributed by atoms with E-state index in [9.17, 15) is 5.11 Å². The number of pyridine rings is 1. The van der Waals surface area contributed by atoms with Crippen molar-refractivity contribution >= 4 is 35.8 Å². The lowest BCUT2D eigenvalue weighted by Crippen LogP contribution is -1.92. The maximum atomic E-state index is 10.0. The molecule has 19 heavy (non-hydrogen) atoms. The summed E-state index contributed by atoms with van der Waals surface area (Å²) in [7, 11) is 0. The molecule has 96 valence electrons. The van der Waals surface area contributed by atoms with Gasteiger partial charge in [-0.25, -0.2) is 0 Å². The van der Waals surface area contributed by atoms with Gasteiger partial charge in [-0.15, -0.1) is 0 Å². The van der Waals surface area contributed by atoms with E-state index in [-0.39, 0.29) is 10.7 Å². The SMILES string of the molecule is CCn1c(O)c(/C=C2\C=Nc3cccnc32)oc1=S. The Hall–Kier alpha value is -2.21. The van der Waals surface area contributed by atoms with Crippen LogP contribution in [0.4, 0.5) is 5.69 Å². The quantitative estimate of drug-likeness (QED) is 0.853. The van der Waals surface area contributed by atoms with Crippen molar-refractivity contribution in [3.8, 4) is 5.88 Å². The third kappa shape index (κ3) is 1.90. The molecular weight excluding hydrogens is 262 g/mol. The lowest BCUT2D eigenvalue weighted by atomic mass is 10.1. The fourth-order valence-corrected chi connectivity index (χ4v) is 2.26. The summed E-state index contributed by atoms with van der Waals surface area (Å²) in [6.07, 6.45) is 5.09. The van der Waals surface area contributed by atoms with Crippen LogP contribution in [-0.4, -0.2) is 20.9 Å². The molecule has 3 rings (SSSR count). The van der Waals surface area contributed by atoms with E-state index in [2.05, 4.69) is 9.98 Å². The molecule has 0 unspecified atom stereocenters. The molecule has 2 aromatic heterocycles. The first kappa shape index (κ1) is 11.9. The van der Waals surface area contributed by atoms with Crippen molar-refractivity contribution in [1.82, 2.24) is 9.55 Å². The van der Waals surface area contributed by atoms with Crippen molar-refractivity contribution in [2.24, 2.45) is 4.99 Å². The third-order valence-corrected chi connectivity index (χ3v) is 3.20. The number of fused-ring (bicyclic) bond motifs is 1. The summed E-state index contributed by atoms with van der Waals surface area (Å²) in [6, 6.07) is 3.71. The highest BCUT2D eigenvalue weighted by Gasteiger charge is 2.16. The molecule has 0 saturated carbocycles. The lowest BCUT2D eigenvalue weighted by Gasteiger charge is -1.97. The summed E-state index contributed by atoms with van der Waals surface area (Å²) in [5.41, 5.74) is 2.37. The molecule has 1 N–H and O–H groups in total. The monoisotopic (exact) mass is 273 g/mol. The summed E-state index contributed by atoms with van der Waals surface area (Å²) < 4.78 is 6.90. The molecule has 0 spiro atoms. The summed E-state index contributed by atoms with van der Waals surface area (Å²) in [6.45, 7) is 2.44. The Labute approximate surface area is 114 Å². The number of hydrogen-bond acceptors (Lipinski definition) is 5. The Balaban J connectivity index is 2.10. The van der Waals surface area contributed by atoms with Gasteiger partial charge in [0.05, 0.1) is 11.4 Å². The van der Waals surface area contributed by atoms with Crippen LogP contribution in [0.15, 0.2) is 27.7 Å². The van der Waals surface area contributed by atoms with Crippen molar-refractivity contribution in [1.29, 1.82) is 0 Å². The Morgan fingerprint density at radius 1 is 1.53 bits per heavy atom. The van der Waals surface area contributed by atoms with Gasteiger partial charge in [0.2, 0.25) is 5.88 Å². The van der Waals surface area contributed by atoms with Crippen LogP contribution < -0.4 is 0 Å². The summed E-state index contributed by atoms with van der Waals surface area (Å²) >= 11 is 5.04. The first-order valence-corrected chi connectivity index (χ1v) is 6.25. The van der Waals surface area contributed by atoms with Gasteiger partial charge in [0.15, 0.2) is 5.76 Å². The minimum atomic E-state index is 0.0257. The molecule has 0 bridgehead atoms. The highest BCUT2D eigenvalue weighted by atomic mass is 32.1. The van der Waals surface area contributed by atoms with E-state index >= 15 is 0 Å². The van der Waals surface area contributed by atoms with Crippen LogP contribution in [0.25, 0.3) is 11.6 Å². The minimum Gasteiger partial charge on any atom is -0.492 e. The van der Waals surface area contributed by atoms with Gasteiger partial charge in [-0.3, -0.25) is 14.5 Å². The van der Waals surface area contributed by atoms with Gasteiger partial charge < -0.3 is 9.52 Å². The Kier molecular flexibility index (Phi) is 2.79. The molecular formula is C13H11N3O2S. The second kappa shape index (κ2) is 4.47. The number of aromatic hydroxyl groups is 1. The van der Waals surface area contributed by atoms with E-state index in [0.29, 0.717) is 12.3 Å². The number of rotatable bonds is 2. The number of nitrogens with zero attached hydrogens (tertiary/aromatic N) is 3. The van der Waals surface area contributed by atoms with Gasteiger partial charge >= 0.3 is 0 Å². The number of oxazole rings is 1. The number of hydrogen-bond donors (Lipinski definition) is 1. The predicted octanol–water partition coefficient (Wildman–Crippen LogP) is 3.19. The fraction of sp³-hybridized carbons (Fsp3) is 0.154. The van der Waals surface area contributed by atoms with Crippen LogP contribution >= 0.6 is 12.2 Å². The standard InChI is InChI=1S/C13H11N3O2S/c1-2-16-12(17)10(18-13(16)19)6-8-7-15-9-4-3-5-14-11(8)9/h3-7,17H,2H2,1H3/b8-6+. The third-order valence-electron chi connectivity index (χ3n) is 2.90. The molecule has 0 radical (unpaired) electrons. The van der Waals surface area contributed by atoms with Crippen LogP contribution in [0.1, 0.15) is 18.4 Å². The van der Waals surface area contributed by atoms with Crippen LogP contribution in [0.5, 0.6) is 5.88 Å². The Morgan fingerprint density at radius 2 is 2.37 bits per heavy atom. The second-order valence-electron chi connectivity index (χ2n) is 4.03. The first-order chi connectivity index (χ1) is 9.20. The van der Waals surface area contributed by atoms with Gasteiger partial charge in [0.1, 0.15) is 0 Å². The van der Waals surface area contributed by atoms with Gasteiger partial charge in [-0.05, 0) is 37.4 Å². The average Bonchev–Trinajstić information content (AvgIpc) is 2.93. The van der Waals surface area contributed by atoms with Crippen LogP contribution in [0, 0.1) is 4.84 Å². The second-order valence-corrected chi connectivity index (χ2v) is 4.38. The molecule has 0 atom stereocenters. The van der Waals surface area contributed by atoms with Gasteiger partial charge in [-0.2, -0.15) is 0 Å². The van der Waals surface area contributed by atoms with Crippen molar-refractivity contribution in [3.63, 3.8) is 0 Å². The molecule has 0 amide bonds. The van der Waals surface area contributed by atoms with Crippen molar-refractivity contribution in [2.45, 2.75) is 13.5 Å². The van der Waals surface area contributed by atoms with E-state index in [1.165, 1.54) is 4.57 Å². The smallest absolute Gasteiger partial charge is 0.272 e. The summed E-state index contributed by atoms with van der Waals surface area (Å²) in [4.78, 5) is 8.76. The first-order valence-electron chi connectivity index (χ1n) is 5.84. The molecule has 6 heteroatoms. The van der Waals surface area contributed by atoms with Crippen molar-refractivity contribution < 1.29 is 9.52 Å². The zero-order valence-corrected chi connectivity index (χ0v) is 11.0. The van der Waals surface area contributed by atoms with Gasteiger partial charge in [0.25, 0.3) is 4.84 Å². The Morgan fingerprint density at radius 3 is 3.11 bits per heavy atom. The number of aromatic nitrogens is 2. The maximum Gasteiger partial charge on any atom is 0.272 e. The highest BCUT2D eigenvalue weighted by Crippen LogP contribution is 2.32. The summed E-state index contributed by atoms with van der Waals surface area (Å²) in [5, 5.41) is 10.0. The number of allylic oxidation sites excluding steroid dienone is 1. The molecule has 0 saturated heterocycles. The fourth-order valence-electron chi connectivity index (χ4n) is 1.96. The zero-order valence-electron chi connectivity index (χ0n) is 10.2. The molecule has 2 aromatic rings. The lowest BCUT2D eigenvalue weighted by molar-refractivity contribution is 0.419. The molecule has 5 nitrogen and oxygen atoms in total. The van der Waals surface area contributed by atoms with Crippen molar-refractivity contribution in [3.05, 3.63) is 34.6 Å².